The van der Waals surface area contributed by atoms with E-state index in [2.05, 4.69) is 11.3 Å². The van der Waals surface area contributed by atoms with Gasteiger partial charge in [-0.05, 0) is 6.08 Å². The van der Waals surface area contributed by atoms with Crippen molar-refractivity contribution < 1.29 is 23.0 Å². The third-order valence-electron chi connectivity index (χ3n) is 1.70. The molecule has 0 N–H and O–H groups in total. The second-order valence-electron chi connectivity index (χ2n) is 2.65. The number of rotatable bonds is 5. The van der Waals surface area contributed by atoms with Crippen molar-refractivity contribution in [3.63, 3.8) is 0 Å². The maximum absolute atomic E-state index is 12.4. The van der Waals surface area contributed by atoms with Gasteiger partial charge in [0.2, 0.25) is 0 Å². The van der Waals surface area contributed by atoms with E-state index >= 15 is 0 Å². The van der Waals surface area contributed by atoms with Gasteiger partial charge in [-0.1, -0.05) is 6.58 Å². The Morgan fingerprint density at radius 3 is 2.85 bits per heavy atom. The fraction of sp³-hybridized carbons (Fsp3) is 0.625. The van der Waals surface area contributed by atoms with E-state index in [9.17, 15) is 13.6 Å². The third kappa shape index (κ3) is 2.57. The highest BCUT2D eigenvalue weighted by Crippen LogP contribution is 2.32. The molecular formula is C8H10F2O3. The molecule has 3 nitrogen and oxygen atoms in total. The Morgan fingerprint density at radius 2 is 2.46 bits per heavy atom. The molecule has 0 bridgehead atoms. The van der Waals surface area contributed by atoms with Crippen LogP contribution in [-0.2, 0) is 14.3 Å². The summed E-state index contributed by atoms with van der Waals surface area (Å²) in [6.45, 7) is 3.11. The summed E-state index contributed by atoms with van der Waals surface area (Å²) in [5.41, 5.74) is 0. The van der Waals surface area contributed by atoms with Gasteiger partial charge in [0.05, 0.1) is 13.2 Å². The second-order valence-corrected chi connectivity index (χ2v) is 2.65. The van der Waals surface area contributed by atoms with Gasteiger partial charge in [0, 0.05) is 6.42 Å². The second kappa shape index (κ2) is 3.93. The number of carbonyl (C=O) groups is 1. The van der Waals surface area contributed by atoms with Gasteiger partial charge in [0.25, 0.3) is 0 Å². The zero-order valence-electron chi connectivity index (χ0n) is 6.96. The first-order valence-corrected chi connectivity index (χ1v) is 3.85. The van der Waals surface area contributed by atoms with E-state index in [4.69, 9.17) is 4.74 Å². The van der Waals surface area contributed by atoms with Gasteiger partial charge < -0.3 is 9.47 Å². The molecule has 1 heterocycles. The number of carbonyl (C=O) groups excluding carboxylic acids is 1. The molecule has 0 aromatic rings. The van der Waals surface area contributed by atoms with Crippen LogP contribution in [0.25, 0.3) is 0 Å². The average molecular weight is 192 g/mol. The van der Waals surface area contributed by atoms with Crippen LogP contribution in [0.5, 0.6) is 0 Å². The van der Waals surface area contributed by atoms with E-state index in [0.29, 0.717) is 0 Å². The van der Waals surface area contributed by atoms with E-state index in [1.807, 2.05) is 0 Å². The van der Waals surface area contributed by atoms with Gasteiger partial charge in [-0.15, -0.1) is 0 Å². The Balaban J connectivity index is 2.13. The van der Waals surface area contributed by atoms with Crippen molar-refractivity contribution in [1.29, 1.82) is 0 Å². The van der Waals surface area contributed by atoms with Crippen LogP contribution in [0, 0.1) is 0 Å². The lowest BCUT2D eigenvalue weighted by molar-refractivity contribution is -0.382. The summed E-state index contributed by atoms with van der Waals surface area (Å²) in [7, 11) is 0. The van der Waals surface area contributed by atoms with Crippen molar-refractivity contribution in [2.24, 2.45) is 0 Å². The monoisotopic (exact) mass is 192 g/mol. The summed E-state index contributed by atoms with van der Waals surface area (Å²) in [6, 6.07) is 0. The van der Waals surface area contributed by atoms with Crippen molar-refractivity contribution >= 4 is 5.78 Å². The number of hydrogen-bond acceptors (Lipinski definition) is 3. The number of alkyl halides is 2. The molecule has 0 saturated carbocycles. The molecule has 1 unspecified atom stereocenters. The minimum atomic E-state index is -3.18. The van der Waals surface area contributed by atoms with Crippen LogP contribution in [0.2, 0.25) is 0 Å². The van der Waals surface area contributed by atoms with Crippen LogP contribution in [0.4, 0.5) is 8.78 Å². The van der Waals surface area contributed by atoms with Crippen LogP contribution < -0.4 is 0 Å². The van der Waals surface area contributed by atoms with Gasteiger partial charge in [-0.2, -0.15) is 8.78 Å². The molecule has 1 aliphatic rings. The average Bonchev–Trinajstić information content (AvgIpc) is 2.10. The van der Waals surface area contributed by atoms with Crippen LogP contribution in [0.15, 0.2) is 12.7 Å². The molecule has 5 heteroatoms. The van der Waals surface area contributed by atoms with E-state index in [1.54, 1.807) is 0 Å². The molecule has 1 rings (SSSR count). The number of ether oxygens (including phenoxy) is 2. The van der Waals surface area contributed by atoms with Crippen LogP contribution in [0.3, 0.4) is 0 Å². The Morgan fingerprint density at radius 1 is 1.77 bits per heavy atom. The van der Waals surface area contributed by atoms with Crippen molar-refractivity contribution in [1.82, 2.24) is 0 Å². The highest BCUT2D eigenvalue weighted by atomic mass is 19.3. The fourth-order valence-electron chi connectivity index (χ4n) is 0.826. The molecule has 0 amide bonds. The highest BCUT2D eigenvalue weighted by Gasteiger charge is 2.51. The Kier molecular flexibility index (Phi) is 3.11. The standard InChI is InChI=1S/C8H10F2O3/c1-2-6(11)3-4-12-7-5-13-8(7,9)10/h2,7H,1,3-5H2. The van der Waals surface area contributed by atoms with E-state index in [1.165, 1.54) is 0 Å². The van der Waals surface area contributed by atoms with Crippen molar-refractivity contribution in [2.75, 3.05) is 13.2 Å². The smallest absolute Gasteiger partial charge is 0.366 e. The van der Waals surface area contributed by atoms with E-state index < -0.39 is 12.2 Å². The molecule has 0 aliphatic carbocycles. The van der Waals surface area contributed by atoms with Crippen LogP contribution >= 0.6 is 0 Å². The largest absolute Gasteiger partial charge is 0.384 e. The molecule has 13 heavy (non-hydrogen) atoms. The first-order valence-electron chi connectivity index (χ1n) is 3.85. The molecule has 0 aromatic heterocycles. The Bertz CT molecular complexity index is 215. The molecule has 1 fully saturated rings. The van der Waals surface area contributed by atoms with Gasteiger partial charge in [0.15, 0.2) is 11.9 Å². The summed E-state index contributed by atoms with van der Waals surface area (Å²) in [6.07, 6.45) is -3.17. The van der Waals surface area contributed by atoms with Crippen molar-refractivity contribution in [2.45, 2.75) is 18.6 Å². The summed E-state index contributed by atoms with van der Waals surface area (Å²) >= 11 is 0. The first kappa shape index (κ1) is 10.3. The summed E-state index contributed by atoms with van der Waals surface area (Å²) in [5.74, 6) is -0.219. The number of ketones is 1. The van der Waals surface area contributed by atoms with Crippen LogP contribution in [-0.4, -0.2) is 31.2 Å². The van der Waals surface area contributed by atoms with Gasteiger partial charge in [-0.25, -0.2) is 0 Å². The lowest BCUT2D eigenvalue weighted by Crippen LogP contribution is -2.53. The number of hydrogen-bond donors (Lipinski definition) is 0. The van der Waals surface area contributed by atoms with Gasteiger partial charge >= 0.3 is 6.11 Å². The predicted molar refractivity (Wildman–Crippen MR) is 40.5 cm³/mol. The van der Waals surface area contributed by atoms with E-state index in [0.717, 1.165) is 6.08 Å². The molecule has 0 radical (unpaired) electrons. The normalized spacial score (nSPS) is 24.9. The van der Waals surface area contributed by atoms with Crippen molar-refractivity contribution in [3.8, 4) is 0 Å². The summed E-state index contributed by atoms with van der Waals surface area (Å²) < 4.78 is 33.4. The minimum absolute atomic E-state index is 0.0194. The fourth-order valence-corrected chi connectivity index (χ4v) is 0.826. The maximum atomic E-state index is 12.4. The lowest BCUT2D eigenvalue weighted by Gasteiger charge is -2.35. The van der Waals surface area contributed by atoms with Gasteiger partial charge in [-0.3, -0.25) is 4.79 Å². The third-order valence-corrected chi connectivity index (χ3v) is 1.70. The molecule has 1 aliphatic heterocycles. The zero-order chi connectivity index (χ0) is 9.90. The van der Waals surface area contributed by atoms with Gasteiger partial charge in [0.1, 0.15) is 0 Å². The summed E-state index contributed by atoms with van der Waals surface area (Å²) in [5, 5.41) is 0. The highest BCUT2D eigenvalue weighted by molar-refractivity contribution is 5.89. The Hall–Kier alpha value is -0.810. The number of halogens is 2. The molecule has 0 aromatic carbocycles. The maximum Gasteiger partial charge on any atom is 0.384 e. The minimum Gasteiger partial charge on any atom is -0.366 e. The Labute approximate surface area is 74.3 Å². The topological polar surface area (TPSA) is 35.5 Å². The molecule has 0 spiro atoms. The molecular weight excluding hydrogens is 182 g/mol. The first-order chi connectivity index (χ1) is 6.06. The quantitative estimate of drug-likeness (QED) is 0.613. The predicted octanol–water partition coefficient (Wildman–Crippen LogP) is 1.14. The SMILES string of the molecule is C=CC(=O)CCOC1COC1(F)F. The van der Waals surface area contributed by atoms with Crippen molar-refractivity contribution in [3.05, 3.63) is 12.7 Å². The molecule has 74 valence electrons. The number of allylic oxidation sites excluding steroid dienone is 1. The zero-order valence-corrected chi connectivity index (χ0v) is 6.96. The lowest BCUT2D eigenvalue weighted by atomic mass is 10.2. The molecule has 1 saturated heterocycles. The summed E-state index contributed by atoms with van der Waals surface area (Å²) in [4.78, 5) is 10.6. The van der Waals surface area contributed by atoms with E-state index in [-0.39, 0.29) is 25.4 Å². The van der Waals surface area contributed by atoms with Crippen LogP contribution in [0.1, 0.15) is 6.42 Å². The molecule has 1 atom stereocenters.